The number of nitrogens with one attached hydrogen (secondary N) is 2. The molecule has 9 nitrogen and oxygen atoms in total. The van der Waals surface area contributed by atoms with E-state index in [1.807, 2.05) is 26.0 Å². The Labute approximate surface area is 261 Å². The number of piperidine rings is 1. The first-order valence-corrected chi connectivity index (χ1v) is 15.1. The average molecular weight is 628 g/mol. The highest BCUT2D eigenvalue weighted by Gasteiger charge is 2.31. The van der Waals surface area contributed by atoms with Crippen LogP contribution in [-0.4, -0.2) is 52.9 Å². The van der Waals surface area contributed by atoms with Crippen molar-refractivity contribution in [3.05, 3.63) is 83.9 Å². The van der Waals surface area contributed by atoms with E-state index in [2.05, 4.69) is 37.6 Å². The van der Waals surface area contributed by atoms with E-state index >= 15 is 0 Å². The van der Waals surface area contributed by atoms with Gasteiger partial charge in [0.25, 0.3) is 0 Å². The molecule has 0 saturated carbocycles. The van der Waals surface area contributed by atoms with E-state index in [1.54, 1.807) is 24.3 Å². The van der Waals surface area contributed by atoms with Crippen LogP contribution in [0.5, 0.6) is 5.75 Å². The van der Waals surface area contributed by atoms with E-state index in [0.29, 0.717) is 18.0 Å². The Morgan fingerprint density at radius 1 is 1.00 bits per heavy atom. The number of likely N-dealkylation sites (tertiary alicyclic amines) is 1. The predicted molar refractivity (Wildman–Crippen MR) is 168 cm³/mol. The lowest BCUT2D eigenvalue weighted by molar-refractivity contribution is -0.274. The third-order valence-corrected chi connectivity index (χ3v) is 7.71. The standard InChI is InChI=1S/C33H40F3N5O4/c1-23(2)32(42)37-28-7-5-6-26(22-28)24-17-20-40(21-18-24)19-4-3-8-31(25-9-13-29(14-10-25)41(43)44)39-38-27-11-15-30(16-12-27)45-33(34,35)36/h5-7,9-16,22-24,38,43-44H,3-4,8,17-21H2,1-2H3,(H,37,42)/b39-31+. The van der Waals surface area contributed by atoms with Gasteiger partial charge in [-0.05, 0) is 117 Å². The normalized spacial score (nSPS) is 14.8. The summed E-state index contributed by atoms with van der Waals surface area (Å²) >= 11 is 0. The van der Waals surface area contributed by atoms with Crippen LogP contribution in [0.1, 0.15) is 63.0 Å². The van der Waals surface area contributed by atoms with Gasteiger partial charge in [0, 0.05) is 11.6 Å². The lowest BCUT2D eigenvalue weighted by Gasteiger charge is -2.32. The number of hydrogen-bond acceptors (Lipinski definition) is 8. The number of rotatable bonds is 13. The smallest absolute Gasteiger partial charge is 0.406 e. The summed E-state index contributed by atoms with van der Waals surface area (Å²) in [4.78, 5) is 14.6. The first-order chi connectivity index (χ1) is 21.5. The molecule has 1 saturated heterocycles. The van der Waals surface area contributed by atoms with Crippen LogP contribution in [0.3, 0.4) is 0 Å². The average Bonchev–Trinajstić information content (AvgIpc) is 3.01. The van der Waals surface area contributed by atoms with Gasteiger partial charge in [-0.25, -0.2) is 0 Å². The number of hydrogen-bond donors (Lipinski definition) is 4. The molecule has 0 unspecified atom stereocenters. The summed E-state index contributed by atoms with van der Waals surface area (Å²) in [6, 6.07) is 20.0. The fraction of sp³-hybridized carbons (Fsp3) is 0.394. The minimum atomic E-state index is -4.76. The summed E-state index contributed by atoms with van der Waals surface area (Å²) in [7, 11) is 0. The van der Waals surface area contributed by atoms with Gasteiger partial charge >= 0.3 is 6.36 Å². The highest BCUT2D eigenvalue weighted by Crippen LogP contribution is 2.30. The Morgan fingerprint density at radius 2 is 1.69 bits per heavy atom. The molecule has 0 spiro atoms. The van der Waals surface area contributed by atoms with Gasteiger partial charge in [0.15, 0.2) is 0 Å². The van der Waals surface area contributed by atoms with Crippen LogP contribution in [0.2, 0.25) is 0 Å². The minimum absolute atomic E-state index is 0.0125. The zero-order valence-electron chi connectivity index (χ0n) is 25.4. The molecule has 12 heteroatoms. The van der Waals surface area contributed by atoms with E-state index in [4.69, 9.17) is 0 Å². The zero-order valence-corrected chi connectivity index (χ0v) is 25.4. The molecule has 1 aliphatic rings. The molecule has 1 fully saturated rings. The molecular weight excluding hydrogens is 587 g/mol. The Morgan fingerprint density at radius 3 is 2.31 bits per heavy atom. The highest BCUT2D eigenvalue weighted by atomic mass is 19.4. The summed E-state index contributed by atoms with van der Waals surface area (Å²) < 4.78 is 41.4. The van der Waals surface area contributed by atoms with Crippen LogP contribution in [0.25, 0.3) is 0 Å². The summed E-state index contributed by atoms with van der Waals surface area (Å²) in [5.41, 5.74) is 7.19. The second-order valence-electron chi connectivity index (χ2n) is 11.4. The monoisotopic (exact) mass is 627 g/mol. The molecule has 0 bridgehead atoms. The second-order valence-corrected chi connectivity index (χ2v) is 11.4. The Hall–Kier alpha value is -4.13. The molecule has 1 amide bonds. The molecule has 0 radical (unpaired) electrons. The van der Waals surface area contributed by atoms with Crippen molar-refractivity contribution in [3.63, 3.8) is 0 Å². The zero-order chi connectivity index (χ0) is 32.4. The molecule has 0 aliphatic carbocycles. The summed E-state index contributed by atoms with van der Waals surface area (Å²) in [6.07, 6.45) is -0.239. The molecule has 1 aliphatic heterocycles. The van der Waals surface area contributed by atoms with Crippen molar-refractivity contribution in [2.45, 2.75) is 58.2 Å². The van der Waals surface area contributed by atoms with Gasteiger partial charge in [-0.2, -0.15) is 5.10 Å². The molecule has 242 valence electrons. The van der Waals surface area contributed by atoms with Crippen LogP contribution in [0, 0.1) is 5.92 Å². The maximum Gasteiger partial charge on any atom is 0.573 e. The predicted octanol–water partition coefficient (Wildman–Crippen LogP) is 7.63. The SMILES string of the molecule is CC(C)C(=O)Nc1cccc(C2CCN(CCCC/C(=N\Nc3ccc(OC(F)(F)F)cc3)c3ccc(N(O)O)cc3)CC2)c1. The quantitative estimate of drug-likeness (QED) is 0.0877. The largest absolute Gasteiger partial charge is 0.573 e. The van der Waals surface area contributed by atoms with Gasteiger partial charge < -0.3 is 15.0 Å². The number of carbonyl (C=O) groups excluding carboxylic acids is 1. The Balaban J connectivity index is 1.30. The lowest BCUT2D eigenvalue weighted by Crippen LogP contribution is -2.33. The highest BCUT2D eigenvalue weighted by molar-refractivity contribution is 6.01. The van der Waals surface area contributed by atoms with Crippen molar-refractivity contribution in [1.82, 2.24) is 4.90 Å². The van der Waals surface area contributed by atoms with Crippen molar-refractivity contribution < 1.29 is 33.1 Å². The number of alkyl halides is 3. The molecule has 45 heavy (non-hydrogen) atoms. The number of benzene rings is 3. The molecule has 4 rings (SSSR count). The van der Waals surface area contributed by atoms with Gasteiger partial charge in [-0.15, -0.1) is 18.4 Å². The molecule has 1 heterocycles. The van der Waals surface area contributed by atoms with E-state index in [9.17, 15) is 28.4 Å². The number of amides is 1. The lowest BCUT2D eigenvalue weighted by atomic mass is 9.89. The van der Waals surface area contributed by atoms with Crippen LogP contribution in [-0.2, 0) is 4.79 Å². The van der Waals surface area contributed by atoms with Gasteiger partial charge in [-0.1, -0.05) is 38.1 Å². The van der Waals surface area contributed by atoms with Crippen LogP contribution < -0.4 is 20.7 Å². The first kappa shape index (κ1) is 33.8. The Kier molecular flexibility index (Phi) is 11.8. The molecular formula is C33H40F3N5O4. The van der Waals surface area contributed by atoms with Gasteiger partial charge in [0.1, 0.15) is 5.75 Å². The van der Waals surface area contributed by atoms with Crippen molar-refractivity contribution in [2.24, 2.45) is 11.0 Å². The number of carbonyl (C=O) groups is 1. The molecule has 3 aromatic carbocycles. The number of halogens is 3. The molecule has 4 N–H and O–H groups in total. The number of anilines is 3. The molecule has 0 atom stereocenters. The fourth-order valence-electron chi connectivity index (χ4n) is 5.19. The third-order valence-electron chi connectivity index (χ3n) is 7.71. The number of ether oxygens (including phenoxy) is 1. The van der Waals surface area contributed by atoms with Crippen molar-refractivity contribution in [2.75, 3.05) is 35.6 Å². The van der Waals surface area contributed by atoms with Crippen molar-refractivity contribution in [1.29, 1.82) is 0 Å². The number of hydrazone groups is 1. The third kappa shape index (κ3) is 10.8. The molecule has 0 aromatic heterocycles. The van der Waals surface area contributed by atoms with E-state index in [0.717, 1.165) is 62.3 Å². The van der Waals surface area contributed by atoms with Gasteiger partial charge in [0.05, 0.1) is 17.1 Å². The van der Waals surface area contributed by atoms with Crippen molar-refractivity contribution in [3.8, 4) is 5.75 Å². The number of nitrogens with zero attached hydrogens (tertiary/aromatic N) is 3. The second kappa shape index (κ2) is 15.7. The maximum absolute atomic E-state index is 12.5. The topological polar surface area (TPSA) is 110 Å². The maximum atomic E-state index is 12.5. The van der Waals surface area contributed by atoms with Gasteiger partial charge in [-0.3, -0.25) is 20.6 Å². The van der Waals surface area contributed by atoms with Crippen LogP contribution in [0.15, 0.2) is 77.9 Å². The van der Waals surface area contributed by atoms with E-state index in [-0.39, 0.29) is 28.5 Å². The van der Waals surface area contributed by atoms with E-state index < -0.39 is 6.36 Å². The summed E-state index contributed by atoms with van der Waals surface area (Å²) in [6.45, 7) is 6.68. The summed E-state index contributed by atoms with van der Waals surface area (Å²) in [5, 5.41) is 26.1. The van der Waals surface area contributed by atoms with Gasteiger partial charge in [0.2, 0.25) is 5.91 Å². The first-order valence-electron chi connectivity index (χ1n) is 15.1. The molecule has 3 aromatic rings. The summed E-state index contributed by atoms with van der Waals surface area (Å²) in [5.74, 6) is 0.0708. The Bertz CT molecular complexity index is 1410. The minimum Gasteiger partial charge on any atom is -0.406 e. The van der Waals surface area contributed by atoms with Crippen LogP contribution >= 0.6 is 0 Å². The fourth-order valence-corrected chi connectivity index (χ4v) is 5.19. The van der Waals surface area contributed by atoms with Crippen molar-refractivity contribution >= 4 is 28.7 Å². The number of unbranched alkanes of at least 4 members (excludes halogenated alkanes) is 1. The van der Waals surface area contributed by atoms with E-state index in [1.165, 1.54) is 29.8 Å². The van der Waals surface area contributed by atoms with Crippen LogP contribution in [0.4, 0.5) is 30.2 Å².